The highest BCUT2D eigenvalue weighted by Gasteiger charge is 2.39. The van der Waals surface area contributed by atoms with Gasteiger partial charge in [-0.15, -0.1) is 6.42 Å². The van der Waals surface area contributed by atoms with Gasteiger partial charge >= 0.3 is 0 Å². The first-order valence-electron chi connectivity index (χ1n) is 6.76. The van der Waals surface area contributed by atoms with Gasteiger partial charge in [-0.2, -0.15) is 0 Å². The summed E-state index contributed by atoms with van der Waals surface area (Å²) in [4.78, 5) is 13.9. The molecule has 0 aromatic carbocycles. The molecule has 3 atom stereocenters. The van der Waals surface area contributed by atoms with E-state index in [1.165, 1.54) is 4.90 Å². The minimum absolute atomic E-state index is 0.00649. The summed E-state index contributed by atoms with van der Waals surface area (Å²) in [6.07, 6.45) is 6.47. The standard InChI is InChI=1S/C13H20N2O4S/c1-2-6-15(10-5-7-20(17,18)9-10)13(16)12-4-3-11(8-14)19-12/h1,10-12H,3-9,14H2. The molecule has 0 aromatic rings. The van der Waals surface area contributed by atoms with Crippen LogP contribution in [0.25, 0.3) is 0 Å². The molecule has 0 aliphatic carbocycles. The lowest BCUT2D eigenvalue weighted by atomic mass is 10.1. The Morgan fingerprint density at radius 1 is 1.40 bits per heavy atom. The second-order valence-corrected chi connectivity index (χ2v) is 7.52. The van der Waals surface area contributed by atoms with Crippen molar-refractivity contribution in [3.63, 3.8) is 0 Å². The van der Waals surface area contributed by atoms with E-state index in [0.717, 1.165) is 6.42 Å². The lowest BCUT2D eigenvalue weighted by molar-refractivity contribution is -0.143. The van der Waals surface area contributed by atoms with Crippen molar-refractivity contribution in [1.82, 2.24) is 4.90 Å². The number of carbonyl (C=O) groups is 1. The molecule has 2 aliphatic rings. The van der Waals surface area contributed by atoms with Gasteiger partial charge in [-0.3, -0.25) is 4.79 Å². The number of ether oxygens (including phenoxy) is 1. The largest absolute Gasteiger partial charge is 0.364 e. The van der Waals surface area contributed by atoms with Gasteiger partial charge in [0.05, 0.1) is 24.2 Å². The minimum atomic E-state index is -3.05. The summed E-state index contributed by atoms with van der Waals surface area (Å²) in [6, 6.07) is -0.330. The van der Waals surface area contributed by atoms with Crippen LogP contribution in [-0.4, -0.2) is 62.1 Å². The number of hydrogen-bond donors (Lipinski definition) is 1. The van der Waals surface area contributed by atoms with Crippen molar-refractivity contribution in [3.05, 3.63) is 0 Å². The molecular weight excluding hydrogens is 280 g/mol. The lowest BCUT2D eigenvalue weighted by Crippen LogP contribution is -2.46. The van der Waals surface area contributed by atoms with Crippen LogP contribution in [0.2, 0.25) is 0 Å². The average Bonchev–Trinajstić information content (AvgIpc) is 3.01. The number of amides is 1. The summed E-state index contributed by atoms with van der Waals surface area (Å²) < 4.78 is 28.7. The van der Waals surface area contributed by atoms with Crippen LogP contribution >= 0.6 is 0 Å². The Morgan fingerprint density at radius 2 is 2.15 bits per heavy atom. The van der Waals surface area contributed by atoms with Crippen molar-refractivity contribution in [2.45, 2.75) is 37.5 Å². The molecule has 2 saturated heterocycles. The van der Waals surface area contributed by atoms with Gasteiger partial charge in [-0.25, -0.2) is 8.42 Å². The van der Waals surface area contributed by atoms with E-state index >= 15 is 0 Å². The minimum Gasteiger partial charge on any atom is -0.364 e. The number of terminal acetylenes is 1. The van der Waals surface area contributed by atoms with Gasteiger partial charge < -0.3 is 15.4 Å². The SMILES string of the molecule is C#CCN(C(=O)C1CCC(CN)O1)C1CCS(=O)(=O)C1. The molecule has 0 spiro atoms. The molecule has 112 valence electrons. The van der Waals surface area contributed by atoms with E-state index in [9.17, 15) is 13.2 Å². The second-order valence-electron chi connectivity index (χ2n) is 5.29. The summed E-state index contributed by atoms with van der Waals surface area (Å²) in [7, 11) is -3.05. The molecule has 0 aromatic heterocycles. The second kappa shape index (κ2) is 6.12. The van der Waals surface area contributed by atoms with E-state index in [4.69, 9.17) is 16.9 Å². The highest BCUT2D eigenvalue weighted by molar-refractivity contribution is 7.91. The number of rotatable bonds is 4. The highest BCUT2D eigenvalue weighted by atomic mass is 32.2. The maximum Gasteiger partial charge on any atom is 0.252 e. The van der Waals surface area contributed by atoms with Crippen LogP contribution < -0.4 is 5.73 Å². The molecule has 0 bridgehead atoms. The van der Waals surface area contributed by atoms with Crippen LogP contribution in [-0.2, 0) is 19.4 Å². The van der Waals surface area contributed by atoms with E-state index in [1.54, 1.807) is 0 Å². The molecule has 20 heavy (non-hydrogen) atoms. The van der Waals surface area contributed by atoms with Crippen LogP contribution in [0, 0.1) is 12.3 Å². The summed E-state index contributed by atoms with van der Waals surface area (Å²) in [5, 5.41) is 0. The van der Waals surface area contributed by atoms with Crippen LogP contribution in [0.3, 0.4) is 0 Å². The molecule has 2 rings (SSSR count). The average molecular weight is 300 g/mol. The van der Waals surface area contributed by atoms with E-state index in [0.29, 0.717) is 19.4 Å². The third-order valence-electron chi connectivity index (χ3n) is 3.84. The number of nitrogens with zero attached hydrogens (tertiary/aromatic N) is 1. The first-order valence-corrected chi connectivity index (χ1v) is 8.59. The molecule has 6 nitrogen and oxygen atoms in total. The van der Waals surface area contributed by atoms with Crippen molar-refractivity contribution in [2.24, 2.45) is 5.73 Å². The number of nitrogens with two attached hydrogens (primary N) is 1. The Kier molecular flexibility index (Phi) is 4.68. The van der Waals surface area contributed by atoms with E-state index in [-0.39, 0.29) is 36.1 Å². The van der Waals surface area contributed by atoms with Gasteiger partial charge in [0, 0.05) is 12.6 Å². The lowest BCUT2D eigenvalue weighted by Gasteiger charge is -2.28. The highest BCUT2D eigenvalue weighted by Crippen LogP contribution is 2.24. The Bertz CT molecular complexity index is 511. The van der Waals surface area contributed by atoms with Crippen LogP contribution in [0.5, 0.6) is 0 Å². The van der Waals surface area contributed by atoms with Crippen molar-refractivity contribution in [2.75, 3.05) is 24.6 Å². The fraction of sp³-hybridized carbons (Fsp3) is 0.769. The predicted molar refractivity (Wildman–Crippen MR) is 74.6 cm³/mol. The molecule has 0 radical (unpaired) electrons. The molecule has 1 amide bonds. The predicted octanol–water partition coefficient (Wildman–Crippen LogP) is -0.858. The first kappa shape index (κ1) is 15.3. The Morgan fingerprint density at radius 3 is 2.65 bits per heavy atom. The van der Waals surface area contributed by atoms with Gasteiger partial charge in [0.25, 0.3) is 5.91 Å². The normalized spacial score (nSPS) is 31.9. The van der Waals surface area contributed by atoms with Crippen molar-refractivity contribution in [3.8, 4) is 12.3 Å². The molecule has 0 saturated carbocycles. The Hall–Kier alpha value is -1.10. The van der Waals surface area contributed by atoms with Gasteiger partial charge in [-0.1, -0.05) is 5.92 Å². The first-order chi connectivity index (χ1) is 9.46. The molecule has 2 heterocycles. The van der Waals surface area contributed by atoms with Crippen LogP contribution in [0.15, 0.2) is 0 Å². The smallest absolute Gasteiger partial charge is 0.252 e. The van der Waals surface area contributed by atoms with Gasteiger partial charge in [0.15, 0.2) is 9.84 Å². The van der Waals surface area contributed by atoms with E-state index in [1.807, 2.05) is 0 Å². The third-order valence-corrected chi connectivity index (χ3v) is 5.59. The number of hydrogen-bond acceptors (Lipinski definition) is 5. The zero-order chi connectivity index (χ0) is 14.8. The zero-order valence-electron chi connectivity index (χ0n) is 11.3. The van der Waals surface area contributed by atoms with E-state index < -0.39 is 15.9 Å². The molecule has 2 aliphatic heterocycles. The van der Waals surface area contributed by atoms with Crippen molar-refractivity contribution < 1.29 is 17.9 Å². The molecular formula is C13H20N2O4S. The Balaban J connectivity index is 2.05. The molecule has 3 unspecified atom stereocenters. The molecule has 7 heteroatoms. The maximum absolute atomic E-state index is 12.5. The number of sulfone groups is 1. The van der Waals surface area contributed by atoms with E-state index in [2.05, 4.69) is 5.92 Å². The zero-order valence-corrected chi connectivity index (χ0v) is 12.1. The van der Waals surface area contributed by atoms with Crippen molar-refractivity contribution >= 4 is 15.7 Å². The molecule has 2 fully saturated rings. The van der Waals surface area contributed by atoms with Gasteiger partial charge in [0.2, 0.25) is 0 Å². The number of carbonyl (C=O) groups excluding carboxylic acids is 1. The summed E-state index contributed by atoms with van der Waals surface area (Å²) >= 11 is 0. The molecule has 2 N–H and O–H groups in total. The third kappa shape index (κ3) is 3.32. The summed E-state index contributed by atoms with van der Waals surface area (Å²) in [5.41, 5.74) is 5.53. The fourth-order valence-corrected chi connectivity index (χ4v) is 4.48. The van der Waals surface area contributed by atoms with Crippen LogP contribution in [0.1, 0.15) is 19.3 Å². The monoisotopic (exact) mass is 300 g/mol. The summed E-state index contributed by atoms with van der Waals surface area (Å²) in [5.74, 6) is 2.33. The fourth-order valence-electron chi connectivity index (χ4n) is 2.75. The topological polar surface area (TPSA) is 89.7 Å². The van der Waals surface area contributed by atoms with Crippen LogP contribution in [0.4, 0.5) is 0 Å². The quantitative estimate of drug-likeness (QED) is 0.683. The summed E-state index contributed by atoms with van der Waals surface area (Å²) in [6.45, 7) is 0.503. The van der Waals surface area contributed by atoms with Gasteiger partial charge in [-0.05, 0) is 19.3 Å². The van der Waals surface area contributed by atoms with Crippen molar-refractivity contribution in [1.29, 1.82) is 0 Å². The maximum atomic E-state index is 12.5. The Labute approximate surface area is 119 Å². The van der Waals surface area contributed by atoms with Gasteiger partial charge in [0.1, 0.15) is 6.10 Å².